The highest BCUT2D eigenvalue weighted by Gasteiger charge is 2.30. The highest BCUT2D eigenvalue weighted by Crippen LogP contribution is 2.26. The van der Waals surface area contributed by atoms with Gasteiger partial charge >= 0.3 is 6.09 Å². The van der Waals surface area contributed by atoms with E-state index >= 15 is 0 Å². The second-order valence-electron chi connectivity index (χ2n) is 4.94. The van der Waals surface area contributed by atoms with Gasteiger partial charge in [-0.05, 0) is 25.7 Å². The quantitative estimate of drug-likeness (QED) is 0.761. The van der Waals surface area contributed by atoms with Crippen LogP contribution in [0.4, 0.5) is 4.79 Å². The Morgan fingerprint density at radius 2 is 1.72 bits per heavy atom. The molecule has 2 amide bonds. The smallest absolute Gasteiger partial charge is 0.404 e. The van der Waals surface area contributed by atoms with Crippen molar-refractivity contribution in [3.8, 4) is 0 Å². The molecular formula is C12H20N2O4. The third kappa shape index (κ3) is 3.35. The molecule has 1 aliphatic heterocycles. The number of morpholine rings is 1. The summed E-state index contributed by atoms with van der Waals surface area (Å²) in [6.07, 6.45) is 2.10. The van der Waals surface area contributed by atoms with Crippen LogP contribution in [0.15, 0.2) is 0 Å². The average Bonchev–Trinajstić information content (AvgIpc) is 2.39. The van der Waals surface area contributed by atoms with Crippen molar-refractivity contribution in [2.75, 3.05) is 26.3 Å². The van der Waals surface area contributed by atoms with E-state index in [4.69, 9.17) is 9.84 Å². The number of amides is 2. The van der Waals surface area contributed by atoms with Gasteiger partial charge in [-0.25, -0.2) is 4.79 Å². The van der Waals surface area contributed by atoms with Gasteiger partial charge in [0.25, 0.3) is 0 Å². The summed E-state index contributed by atoms with van der Waals surface area (Å²) in [6, 6.07) is 0.0104. The van der Waals surface area contributed by atoms with Gasteiger partial charge in [0.15, 0.2) is 0 Å². The van der Waals surface area contributed by atoms with Crippen molar-refractivity contribution in [3.63, 3.8) is 0 Å². The molecule has 1 aliphatic carbocycles. The summed E-state index contributed by atoms with van der Waals surface area (Å²) in [5.41, 5.74) is 0. The first-order chi connectivity index (χ1) is 8.66. The van der Waals surface area contributed by atoms with Crippen LogP contribution in [0.5, 0.6) is 0 Å². The number of rotatable bonds is 2. The summed E-state index contributed by atoms with van der Waals surface area (Å²) >= 11 is 0. The SMILES string of the molecule is O=C(O)N[C@H]1CC[C@H](C(=O)N2CCOCC2)CC1. The number of ether oxygens (including phenoxy) is 1. The van der Waals surface area contributed by atoms with E-state index in [0.717, 1.165) is 25.7 Å². The van der Waals surface area contributed by atoms with Crippen LogP contribution in [0.25, 0.3) is 0 Å². The molecule has 1 heterocycles. The maximum absolute atomic E-state index is 12.2. The summed E-state index contributed by atoms with van der Waals surface area (Å²) in [5, 5.41) is 11.1. The predicted molar refractivity (Wildman–Crippen MR) is 64.3 cm³/mol. The Kier molecular flexibility index (Phi) is 4.41. The Hall–Kier alpha value is -1.30. The Balaban J connectivity index is 1.78. The van der Waals surface area contributed by atoms with Gasteiger partial charge in [-0.1, -0.05) is 0 Å². The van der Waals surface area contributed by atoms with Crippen molar-refractivity contribution in [3.05, 3.63) is 0 Å². The molecule has 6 heteroatoms. The molecule has 0 radical (unpaired) electrons. The van der Waals surface area contributed by atoms with Crippen molar-refractivity contribution in [1.82, 2.24) is 10.2 Å². The minimum atomic E-state index is -0.974. The Morgan fingerprint density at radius 3 is 2.28 bits per heavy atom. The van der Waals surface area contributed by atoms with E-state index in [1.807, 2.05) is 4.90 Å². The molecule has 6 nitrogen and oxygen atoms in total. The zero-order chi connectivity index (χ0) is 13.0. The molecule has 0 aromatic rings. The minimum absolute atomic E-state index is 0.0104. The maximum atomic E-state index is 12.2. The summed E-state index contributed by atoms with van der Waals surface area (Å²) in [7, 11) is 0. The zero-order valence-electron chi connectivity index (χ0n) is 10.4. The van der Waals surface area contributed by atoms with E-state index in [9.17, 15) is 9.59 Å². The van der Waals surface area contributed by atoms with Crippen molar-refractivity contribution in [1.29, 1.82) is 0 Å². The van der Waals surface area contributed by atoms with E-state index in [0.29, 0.717) is 26.3 Å². The first-order valence-electron chi connectivity index (χ1n) is 6.53. The standard InChI is InChI=1S/C12H20N2O4/c15-11(14-5-7-18-8-6-14)9-1-3-10(4-2-9)13-12(16)17/h9-10,13H,1-8H2,(H,16,17)/t9-,10-. The third-order valence-electron chi connectivity index (χ3n) is 3.73. The second kappa shape index (κ2) is 6.04. The lowest BCUT2D eigenvalue weighted by atomic mass is 9.85. The molecule has 0 spiro atoms. The number of nitrogens with one attached hydrogen (secondary N) is 1. The fraction of sp³-hybridized carbons (Fsp3) is 0.833. The van der Waals surface area contributed by atoms with Gasteiger partial charge in [-0.15, -0.1) is 0 Å². The molecular weight excluding hydrogens is 236 g/mol. The highest BCUT2D eigenvalue weighted by atomic mass is 16.5. The summed E-state index contributed by atoms with van der Waals surface area (Å²) < 4.78 is 5.23. The van der Waals surface area contributed by atoms with Crippen LogP contribution in [0.3, 0.4) is 0 Å². The topological polar surface area (TPSA) is 78.9 Å². The van der Waals surface area contributed by atoms with Gasteiger partial charge in [0.1, 0.15) is 0 Å². The molecule has 2 rings (SSSR count). The molecule has 0 unspecified atom stereocenters. The molecule has 102 valence electrons. The molecule has 0 aromatic carbocycles. The lowest BCUT2D eigenvalue weighted by Gasteiger charge is -2.33. The number of hydrogen-bond acceptors (Lipinski definition) is 3. The predicted octanol–water partition coefficient (Wildman–Crippen LogP) is 0.672. The van der Waals surface area contributed by atoms with Gasteiger partial charge in [-0.3, -0.25) is 4.79 Å². The Bertz CT molecular complexity index is 307. The Morgan fingerprint density at radius 1 is 1.11 bits per heavy atom. The van der Waals surface area contributed by atoms with Crippen molar-refractivity contribution in [2.24, 2.45) is 5.92 Å². The molecule has 0 bridgehead atoms. The molecule has 1 saturated heterocycles. The molecule has 1 saturated carbocycles. The van der Waals surface area contributed by atoms with E-state index in [-0.39, 0.29) is 17.9 Å². The van der Waals surface area contributed by atoms with Gasteiger partial charge in [0, 0.05) is 25.0 Å². The van der Waals surface area contributed by atoms with Crippen LogP contribution in [-0.4, -0.2) is 54.4 Å². The van der Waals surface area contributed by atoms with E-state index in [1.165, 1.54) is 0 Å². The van der Waals surface area contributed by atoms with Crippen LogP contribution in [-0.2, 0) is 9.53 Å². The molecule has 0 aromatic heterocycles. The fourth-order valence-electron chi connectivity index (χ4n) is 2.70. The van der Waals surface area contributed by atoms with Crippen molar-refractivity contribution >= 4 is 12.0 Å². The lowest BCUT2D eigenvalue weighted by molar-refractivity contribution is -0.140. The zero-order valence-corrected chi connectivity index (χ0v) is 10.4. The van der Waals surface area contributed by atoms with Gasteiger partial charge in [-0.2, -0.15) is 0 Å². The number of carboxylic acid groups (broad SMARTS) is 1. The molecule has 2 fully saturated rings. The van der Waals surface area contributed by atoms with Gasteiger partial charge in [0.05, 0.1) is 13.2 Å². The number of hydrogen-bond donors (Lipinski definition) is 2. The van der Waals surface area contributed by atoms with Crippen LogP contribution >= 0.6 is 0 Å². The monoisotopic (exact) mass is 256 g/mol. The molecule has 0 atom stereocenters. The average molecular weight is 256 g/mol. The molecule has 2 aliphatic rings. The lowest BCUT2D eigenvalue weighted by Crippen LogP contribution is -2.46. The minimum Gasteiger partial charge on any atom is -0.465 e. The summed E-state index contributed by atoms with van der Waals surface area (Å²) in [4.78, 5) is 24.6. The second-order valence-corrected chi connectivity index (χ2v) is 4.94. The van der Waals surface area contributed by atoms with E-state index < -0.39 is 6.09 Å². The van der Waals surface area contributed by atoms with E-state index in [1.54, 1.807) is 0 Å². The fourth-order valence-corrected chi connectivity index (χ4v) is 2.70. The largest absolute Gasteiger partial charge is 0.465 e. The van der Waals surface area contributed by atoms with Crippen molar-refractivity contribution < 1.29 is 19.4 Å². The first kappa shape index (κ1) is 13.1. The Labute approximate surface area is 106 Å². The number of carbonyl (C=O) groups excluding carboxylic acids is 1. The molecule has 18 heavy (non-hydrogen) atoms. The summed E-state index contributed by atoms with van der Waals surface area (Å²) in [6.45, 7) is 2.63. The van der Waals surface area contributed by atoms with Gasteiger partial charge < -0.3 is 20.1 Å². The van der Waals surface area contributed by atoms with Crippen molar-refractivity contribution in [2.45, 2.75) is 31.7 Å². The van der Waals surface area contributed by atoms with Gasteiger partial charge in [0.2, 0.25) is 5.91 Å². The van der Waals surface area contributed by atoms with Crippen LogP contribution < -0.4 is 5.32 Å². The summed E-state index contributed by atoms with van der Waals surface area (Å²) in [5.74, 6) is 0.280. The van der Waals surface area contributed by atoms with E-state index in [2.05, 4.69) is 5.32 Å². The third-order valence-corrected chi connectivity index (χ3v) is 3.73. The number of nitrogens with zero attached hydrogens (tertiary/aromatic N) is 1. The van der Waals surface area contributed by atoms with Crippen LogP contribution in [0.1, 0.15) is 25.7 Å². The first-order valence-corrected chi connectivity index (χ1v) is 6.53. The normalized spacial score (nSPS) is 28.8. The maximum Gasteiger partial charge on any atom is 0.404 e. The highest BCUT2D eigenvalue weighted by molar-refractivity contribution is 5.79. The van der Waals surface area contributed by atoms with Crippen LogP contribution in [0, 0.1) is 5.92 Å². The number of carbonyl (C=O) groups is 2. The molecule has 2 N–H and O–H groups in total. The van der Waals surface area contributed by atoms with Crippen LogP contribution in [0.2, 0.25) is 0 Å².